The molecule has 0 aliphatic carbocycles. The smallest absolute Gasteiger partial charge is 0.0728 e. The highest BCUT2D eigenvalue weighted by Gasteiger charge is 2.11. The van der Waals surface area contributed by atoms with Crippen molar-refractivity contribution in [1.82, 2.24) is 4.98 Å². The van der Waals surface area contributed by atoms with Gasteiger partial charge < -0.3 is 5.73 Å². The van der Waals surface area contributed by atoms with Crippen LogP contribution >= 0.6 is 0 Å². The summed E-state index contributed by atoms with van der Waals surface area (Å²) in [5.41, 5.74) is 10.7. The Balaban J connectivity index is 2.38. The Bertz CT molecular complexity index is 477. The Labute approximate surface area is 96.1 Å². The molecule has 0 unspecified atom stereocenters. The molecule has 0 saturated heterocycles. The maximum Gasteiger partial charge on any atom is 0.0728 e. The molecule has 0 amide bonds. The van der Waals surface area contributed by atoms with E-state index in [1.165, 1.54) is 11.1 Å². The quantitative estimate of drug-likeness (QED) is 0.831. The largest absolute Gasteiger partial charge is 0.319 e. The van der Waals surface area contributed by atoms with E-state index >= 15 is 0 Å². The van der Waals surface area contributed by atoms with E-state index in [9.17, 15) is 0 Å². The minimum atomic E-state index is -0.137. The minimum Gasteiger partial charge on any atom is -0.319 e. The number of benzene rings is 1. The number of hydrogen-bond donors (Lipinski definition) is 1. The van der Waals surface area contributed by atoms with Gasteiger partial charge in [0.25, 0.3) is 0 Å². The van der Waals surface area contributed by atoms with Crippen LogP contribution in [0.5, 0.6) is 0 Å². The molecule has 82 valence electrons. The molecule has 2 rings (SSSR count). The van der Waals surface area contributed by atoms with Crippen molar-refractivity contribution in [2.75, 3.05) is 0 Å². The van der Waals surface area contributed by atoms with Crippen molar-refractivity contribution in [2.45, 2.75) is 19.9 Å². The molecule has 0 aliphatic rings. The van der Waals surface area contributed by atoms with Crippen molar-refractivity contribution >= 4 is 0 Å². The van der Waals surface area contributed by atoms with Crippen LogP contribution < -0.4 is 5.73 Å². The third kappa shape index (κ3) is 2.12. The van der Waals surface area contributed by atoms with Gasteiger partial charge in [0.05, 0.1) is 11.7 Å². The fraction of sp³-hybridized carbons (Fsp3) is 0.214. The third-order valence-corrected chi connectivity index (χ3v) is 2.77. The van der Waals surface area contributed by atoms with Crippen molar-refractivity contribution < 1.29 is 0 Å². The second-order valence-electron chi connectivity index (χ2n) is 4.09. The molecule has 1 atom stereocenters. The summed E-state index contributed by atoms with van der Waals surface area (Å²) in [5.74, 6) is 0. The van der Waals surface area contributed by atoms with Gasteiger partial charge in [0.2, 0.25) is 0 Å². The standard InChI is InChI=1S/C14H16N2/c1-10-6-7-12(11(2)9-10)14(15)13-5-3-4-8-16-13/h3-9,14H,15H2,1-2H3/t14-/m0/s1. The van der Waals surface area contributed by atoms with E-state index in [1.54, 1.807) is 6.20 Å². The van der Waals surface area contributed by atoms with Gasteiger partial charge in [-0.15, -0.1) is 0 Å². The highest BCUT2D eigenvalue weighted by molar-refractivity contribution is 5.36. The summed E-state index contributed by atoms with van der Waals surface area (Å²) >= 11 is 0. The molecule has 2 heteroatoms. The van der Waals surface area contributed by atoms with E-state index in [0.29, 0.717) is 0 Å². The van der Waals surface area contributed by atoms with Crippen LogP contribution in [0.3, 0.4) is 0 Å². The molecular weight excluding hydrogens is 196 g/mol. The van der Waals surface area contributed by atoms with Gasteiger partial charge in [-0.3, -0.25) is 4.98 Å². The first-order valence-electron chi connectivity index (χ1n) is 5.42. The van der Waals surface area contributed by atoms with Gasteiger partial charge in [0, 0.05) is 6.20 Å². The Morgan fingerprint density at radius 2 is 1.94 bits per heavy atom. The normalized spacial score (nSPS) is 12.4. The summed E-state index contributed by atoms with van der Waals surface area (Å²) in [7, 11) is 0. The Hall–Kier alpha value is -1.67. The van der Waals surface area contributed by atoms with E-state index in [2.05, 4.69) is 37.0 Å². The number of aromatic nitrogens is 1. The maximum absolute atomic E-state index is 6.20. The molecule has 0 bridgehead atoms. The molecule has 16 heavy (non-hydrogen) atoms. The Kier molecular flexibility index (Phi) is 3.02. The van der Waals surface area contributed by atoms with Crippen LogP contribution in [0.4, 0.5) is 0 Å². The average Bonchev–Trinajstić information content (AvgIpc) is 2.29. The summed E-state index contributed by atoms with van der Waals surface area (Å²) in [6.45, 7) is 4.17. The first-order valence-corrected chi connectivity index (χ1v) is 5.42. The number of nitrogens with two attached hydrogens (primary N) is 1. The topological polar surface area (TPSA) is 38.9 Å². The lowest BCUT2D eigenvalue weighted by atomic mass is 9.97. The van der Waals surface area contributed by atoms with Crippen molar-refractivity contribution in [3.63, 3.8) is 0 Å². The van der Waals surface area contributed by atoms with Crippen LogP contribution in [-0.2, 0) is 0 Å². The Morgan fingerprint density at radius 3 is 2.56 bits per heavy atom. The van der Waals surface area contributed by atoms with Crippen molar-refractivity contribution in [1.29, 1.82) is 0 Å². The molecule has 1 aromatic heterocycles. The summed E-state index contributed by atoms with van der Waals surface area (Å²) in [4.78, 5) is 4.29. The monoisotopic (exact) mass is 212 g/mol. The van der Waals surface area contributed by atoms with Gasteiger partial charge in [-0.05, 0) is 37.1 Å². The SMILES string of the molecule is Cc1ccc([C@H](N)c2ccccn2)c(C)c1. The van der Waals surface area contributed by atoms with Crippen LogP contribution in [-0.4, -0.2) is 4.98 Å². The number of aryl methyl sites for hydroxylation is 2. The lowest BCUT2D eigenvalue weighted by molar-refractivity contribution is 0.820. The first-order chi connectivity index (χ1) is 7.68. The summed E-state index contributed by atoms with van der Waals surface area (Å²) in [6, 6.07) is 12.0. The fourth-order valence-electron chi connectivity index (χ4n) is 1.89. The molecule has 0 aliphatic heterocycles. The molecule has 0 spiro atoms. The Morgan fingerprint density at radius 1 is 1.12 bits per heavy atom. The van der Waals surface area contributed by atoms with Crippen molar-refractivity contribution in [2.24, 2.45) is 5.73 Å². The predicted molar refractivity (Wildman–Crippen MR) is 66.2 cm³/mol. The number of nitrogens with zero attached hydrogens (tertiary/aromatic N) is 1. The maximum atomic E-state index is 6.20. The van der Waals surface area contributed by atoms with Gasteiger partial charge in [-0.25, -0.2) is 0 Å². The van der Waals surface area contributed by atoms with Crippen LogP contribution in [0.15, 0.2) is 42.6 Å². The zero-order valence-electron chi connectivity index (χ0n) is 9.64. The molecule has 2 N–H and O–H groups in total. The minimum absolute atomic E-state index is 0.137. The second-order valence-corrected chi connectivity index (χ2v) is 4.09. The van der Waals surface area contributed by atoms with Gasteiger partial charge in [0.15, 0.2) is 0 Å². The lowest BCUT2D eigenvalue weighted by Crippen LogP contribution is -2.14. The predicted octanol–water partition coefficient (Wildman–Crippen LogP) is 2.75. The fourth-order valence-corrected chi connectivity index (χ4v) is 1.89. The molecule has 1 heterocycles. The number of hydrogen-bond acceptors (Lipinski definition) is 2. The van der Waals surface area contributed by atoms with E-state index in [0.717, 1.165) is 11.3 Å². The van der Waals surface area contributed by atoms with Gasteiger partial charge in [-0.2, -0.15) is 0 Å². The summed E-state index contributed by atoms with van der Waals surface area (Å²) < 4.78 is 0. The second kappa shape index (κ2) is 4.45. The van der Waals surface area contributed by atoms with Gasteiger partial charge in [-0.1, -0.05) is 29.8 Å². The van der Waals surface area contributed by atoms with Crippen LogP contribution in [0, 0.1) is 13.8 Å². The molecule has 2 nitrogen and oxygen atoms in total. The molecule has 0 radical (unpaired) electrons. The first kappa shape index (κ1) is 10.8. The number of pyridine rings is 1. The van der Waals surface area contributed by atoms with E-state index in [4.69, 9.17) is 5.73 Å². The summed E-state index contributed by atoms with van der Waals surface area (Å²) in [6.07, 6.45) is 1.78. The zero-order chi connectivity index (χ0) is 11.5. The molecule has 2 aromatic rings. The van der Waals surface area contributed by atoms with E-state index in [1.807, 2.05) is 18.2 Å². The van der Waals surface area contributed by atoms with Crippen molar-refractivity contribution in [3.05, 3.63) is 65.0 Å². The molecule has 0 fully saturated rings. The van der Waals surface area contributed by atoms with Gasteiger partial charge >= 0.3 is 0 Å². The molecule has 0 saturated carbocycles. The third-order valence-electron chi connectivity index (χ3n) is 2.77. The van der Waals surface area contributed by atoms with Gasteiger partial charge in [0.1, 0.15) is 0 Å². The zero-order valence-corrected chi connectivity index (χ0v) is 9.64. The molecular formula is C14H16N2. The van der Waals surface area contributed by atoms with E-state index in [-0.39, 0.29) is 6.04 Å². The highest BCUT2D eigenvalue weighted by Crippen LogP contribution is 2.21. The lowest BCUT2D eigenvalue weighted by Gasteiger charge is -2.14. The number of rotatable bonds is 2. The van der Waals surface area contributed by atoms with Crippen LogP contribution in [0.25, 0.3) is 0 Å². The van der Waals surface area contributed by atoms with Crippen LogP contribution in [0.1, 0.15) is 28.4 Å². The molecule has 1 aromatic carbocycles. The highest BCUT2D eigenvalue weighted by atomic mass is 14.8. The van der Waals surface area contributed by atoms with E-state index < -0.39 is 0 Å². The van der Waals surface area contributed by atoms with Crippen molar-refractivity contribution in [3.8, 4) is 0 Å². The van der Waals surface area contributed by atoms with Crippen LogP contribution in [0.2, 0.25) is 0 Å². The average molecular weight is 212 g/mol. The summed E-state index contributed by atoms with van der Waals surface area (Å²) in [5, 5.41) is 0.